The molecule has 0 saturated heterocycles. The maximum absolute atomic E-state index is 11.2. The van der Waals surface area contributed by atoms with Gasteiger partial charge in [-0.1, -0.05) is 282 Å². The molecule has 0 saturated carbocycles. The molecule has 64 heavy (non-hydrogen) atoms. The first-order valence-corrected chi connectivity index (χ1v) is 27.8. The van der Waals surface area contributed by atoms with Crippen LogP contribution in [0.2, 0.25) is 0 Å². The Morgan fingerprint density at radius 3 is 1.02 bits per heavy atom. The van der Waals surface area contributed by atoms with Crippen LogP contribution >= 0.6 is 0 Å². The van der Waals surface area contributed by atoms with Crippen LogP contribution in [0, 0.1) is 21.4 Å². The lowest BCUT2D eigenvalue weighted by molar-refractivity contribution is -0.385. The zero-order valence-electron chi connectivity index (χ0n) is 42.1. The van der Waals surface area contributed by atoms with Crippen LogP contribution in [0.15, 0.2) is 42.5 Å². The quantitative estimate of drug-likeness (QED) is 0.0287. The van der Waals surface area contributed by atoms with Crippen LogP contribution in [-0.4, -0.2) is 18.0 Å². The summed E-state index contributed by atoms with van der Waals surface area (Å²) in [6.45, 7) is 6.84. The number of hydrogen-bond acceptors (Lipinski definition) is 4. The third-order valence-corrected chi connectivity index (χ3v) is 13.6. The summed E-state index contributed by atoms with van der Waals surface area (Å²) >= 11 is 0. The minimum absolute atomic E-state index is 0.0909. The monoisotopic (exact) mass is 882 g/mol. The molecule has 0 aliphatic rings. The van der Waals surface area contributed by atoms with Crippen LogP contribution in [0.25, 0.3) is 12.2 Å². The zero-order chi connectivity index (χ0) is 45.8. The van der Waals surface area contributed by atoms with Gasteiger partial charge in [-0.25, -0.2) is 0 Å². The highest BCUT2D eigenvalue weighted by Gasteiger charge is 2.13. The summed E-state index contributed by atoms with van der Waals surface area (Å²) < 4.78 is 0. The summed E-state index contributed by atoms with van der Waals surface area (Å²) in [5, 5.41) is 20.6. The molecule has 0 unspecified atom stereocenters. The van der Waals surface area contributed by atoms with Gasteiger partial charge in [-0.3, -0.25) is 10.1 Å². The zero-order valence-corrected chi connectivity index (χ0v) is 42.1. The Balaban J connectivity index is 1.63. The second-order valence-electron chi connectivity index (χ2n) is 19.5. The second kappa shape index (κ2) is 42.5. The van der Waals surface area contributed by atoms with E-state index in [9.17, 15) is 15.4 Å². The third-order valence-electron chi connectivity index (χ3n) is 13.6. The molecule has 0 spiro atoms. The van der Waals surface area contributed by atoms with Crippen molar-refractivity contribution < 1.29 is 4.92 Å². The molecule has 0 atom stereocenters. The molecule has 2 aromatic carbocycles. The topological polar surface area (TPSA) is 70.2 Å². The van der Waals surface area contributed by atoms with Crippen molar-refractivity contribution in [2.75, 3.05) is 18.0 Å². The molecule has 362 valence electrons. The molecule has 0 bridgehead atoms. The van der Waals surface area contributed by atoms with Gasteiger partial charge < -0.3 is 4.90 Å². The van der Waals surface area contributed by atoms with Crippen LogP contribution in [-0.2, 0) is 0 Å². The summed E-state index contributed by atoms with van der Waals surface area (Å²) in [5.41, 5.74) is 3.11. The summed E-state index contributed by atoms with van der Waals surface area (Å²) in [4.78, 5) is 13.4. The van der Waals surface area contributed by atoms with Crippen LogP contribution in [0.4, 0.5) is 11.4 Å². The van der Waals surface area contributed by atoms with Crippen molar-refractivity contribution in [3.8, 4) is 6.07 Å². The lowest BCUT2D eigenvalue weighted by Gasteiger charge is -2.25. The van der Waals surface area contributed by atoms with Gasteiger partial charge in [-0.2, -0.15) is 5.26 Å². The van der Waals surface area contributed by atoms with Crippen molar-refractivity contribution in [3.63, 3.8) is 0 Å². The molecule has 0 fully saturated rings. The third kappa shape index (κ3) is 31.7. The lowest BCUT2D eigenvalue weighted by atomic mass is 10.0. The SMILES string of the molecule is CCCCCCCCCCCCCCCCCCCCCCN(CCCCCCCCCCCCCCCCCCCCCC)c1ccc(C=Cc2ccc([N+](=O)[O-])c(C#N)c2)cc1. The van der Waals surface area contributed by atoms with Gasteiger partial charge >= 0.3 is 0 Å². The predicted molar refractivity (Wildman–Crippen MR) is 281 cm³/mol. The molecule has 0 aliphatic heterocycles. The van der Waals surface area contributed by atoms with E-state index < -0.39 is 4.92 Å². The van der Waals surface area contributed by atoms with E-state index in [1.165, 1.54) is 269 Å². The van der Waals surface area contributed by atoms with Gasteiger partial charge in [0.25, 0.3) is 5.69 Å². The fourth-order valence-electron chi connectivity index (χ4n) is 9.38. The average Bonchev–Trinajstić information content (AvgIpc) is 3.31. The summed E-state index contributed by atoms with van der Waals surface area (Å²) in [5.74, 6) is 0. The van der Waals surface area contributed by atoms with E-state index in [1.54, 1.807) is 12.1 Å². The number of unbranched alkanes of at least 4 members (excludes halogenated alkanes) is 38. The number of nitro benzene ring substituents is 1. The first-order chi connectivity index (χ1) is 31.6. The Kier molecular flexibility index (Phi) is 37.9. The van der Waals surface area contributed by atoms with E-state index in [0.717, 1.165) is 24.2 Å². The van der Waals surface area contributed by atoms with Gasteiger partial charge in [-0.15, -0.1) is 0 Å². The van der Waals surface area contributed by atoms with E-state index in [2.05, 4.69) is 43.0 Å². The lowest BCUT2D eigenvalue weighted by Crippen LogP contribution is -2.25. The number of anilines is 1. The van der Waals surface area contributed by atoms with E-state index >= 15 is 0 Å². The summed E-state index contributed by atoms with van der Waals surface area (Å²) in [7, 11) is 0. The van der Waals surface area contributed by atoms with Gasteiger partial charge in [0, 0.05) is 24.8 Å². The van der Waals surface area contributed by atoms with Crippen LogP contribution in [0.3, 0.4) is 0 Å². The van der Waals surface area contributed by atoms with Crippen LogP contribution in [0.1, 0.15) is 287 Å². The highest BCUT2D eigenvalue weighted by atomic mass is 16.6. The summed E-state index contributed by atoms with van der Waals surface area (Å²) in [6, 6.07) is 15.5. The standard InChI is InChI=1S/C59H99N3O2/c1-3-5-7-9-11-13-15-17-19-21-23-25-27-29-31-33-35-37-39-41-51-61(58-48-45-55(46-49-58)43-44-56-47-50-59(62(63)64)57(53-56)54-60)52-42-40-38-36-34-32-30-28-26-24-22-20-18-16-14-12-10-8-6-4-2/h43-50,53H,3-42,51-52H2,1-2H3. The van der Waals surface area contributed by atoms with Crippen molar-refractivity contribution in [1.29, 1.82) is 5.26 Å². The molecule has 0 aromatic heterocycles. The highest BCUT2D eigenvalue weighted by molar-refractivity contribution is 5.72. The fourth-order valence-corrected chi connectivity index (χ4v) is 9.38. The first-order valence-electron chi connectivity index (χ1n) is 27.8. The molecule has 0 N–H and O–H groups in total. The number of nitro groups is 1. The number of rotatable bonds is 46. The molecule has 0 radical (unpaired) electrons. The number of nitrogens with zero attached hydrogens (tertiary/aromatic N) is 3. The normalized spacial score (nSPS) is 11.5. The van der Waals surface area contributed by atoms with Crippen molar-refractivity contribution in [3.05, 3.63) is 69.3 Å². The van der Waals surface area contributed by atoms with Gasteiger partial charge in [0.15, 0.2) is 0 Å². The maximum atomic E-state index is 11.2. The smallest absolute Gasteiger partial charge is 0.287 e. The van der Waals surface area contributed by atoms with Crippen molar-refractivity contribution >= 4 is 23.5 Å². The molecule has 5 heteroatoms. The number of benzene rings is 2. The van der Waals surface area contributed by atoms with Crippen molar-refractivity contribution in [1.82, 2.24) is 0 Å². The average molecular weight is 882 g/mol. The molecule has 0 amide bonds. The molecular formula is C59H99N3O2. The fraction of sp³-hybridized carbons (Fsp3) is 0.746. The largest absolute Gasteiger partial charge is 0.372 e. The van der Waals surface area contributed by atoms with Gasteiger partial charge in [0.2, 0.25) is 0 Å². The van der Waals surface area contributed by atoms with Crippen LogP contribution < -0.4 is 4.90 Å². The Morgan fingerprint density at radius 1 is 0.438 bits per heavy atom. The molecule has 2 aromatic rings. The second-order valence-corrected chi connectivity index (χ2v) is 19.5. The Bertz CT molecular complexity index is 1380. The van der Waals surface area contributed by atoms with Crippen molar-refractivity contribution in [2.45, 2.75) is 271 Å². The van der Waals surface area contributed by atoms with E-state index in [1.807, 2.05) is 18.2 Å². The highest BCUT2D eigenvalue weighted by Crippen LogP contribution is 2.23. The van der Waals surface area contributed by atoms with E-state index in [0.29, 0.717) is 0 Å². The molecule has 2 rings (SSSR count). The van der Waals surface area contributed by atoms with E-state index in [4.69, 9.17) is 0 Å². The summed E-state index contributed by atoms with van der Waals surface area (Å²) in [6.07, 6.45) is 60.4. The van der Waals surface area contributed by atoms with Gasteiger partial charge in [0.1, 0.15) is 11.6 Å². The van der Waals surface area contributed by atoms with E-state index in [-0.39, 0.29) is 11.3 Å². The Morgan fingerprint density at radius 2 is 0.719 bits per heavy atom. The number of hydrogen-bond donors (Lipinski definition) is 0. The molecule has 0 aliphatic carbocycles. The van der Waals surface area contributed by atoms with Gasteiger partial charge in [-0.05, 0) is 48.2 Å². The molecule has 5 nitrogen and oxygen atoms in total. The predicted octanol–water partition coefficient (Wildman–Crippen LogP) is 20.1. The molecule has 0 heterocycles. The van der Waals surface area contributed by atoms with Crippen LogP contribution in [0.5, 0.6) is 0 Å². The number of nitriles is 1. The van der Waals surface area contributed by atoms with Crippen molar-refractivity contribution in [2.24, 2.45) is 0 Å². The first kappa shape index (κ1) is 57.0. The minimum atomic E-state index is -0.499. The van der Waals surface area contributed by atoms with Gasteiger partial charge in [0.05, 0.1) is 4.92 Å². The maximum Gasteiger partial charge on any atom is 0.287 e. The minimum Gasteiger partial charge on any atom is -0.372 e. The Labute approximate surface area is 396 Å². The Hall–Kier alpha value is -3.13. The molecular weight excluding hydrogens is 783 g/mol.